The van der Waals surface area contributed by atoms with E-state index in [1.165, 1.54) is 10.1 Å². The topological polar surface area (TPSA) is 65.9 Å². The highest BCUT2D eigenvalue weighted by Gasteiger charge is 2.14. The predicted octanol–water partition coefficient (Wildman–Crippen LogP) is 4.17. The van der Waals surface area contributed by atoms with Gasteiger partial charge in [-0.05, 0) is 36.8 Å². The average molecular weight is 505 g/mol. The van der Waals surface area contributed by atoms with Gasteiger partial charge >= 0.3 is 0 Å². The average Bonchev–Trinajstić information content (AvgIpc) is 3.07. The molecular formula is C20H32IN3O2S. The molecule has 2 unspecified atom stereocenters. The Morgan fingerprint density at radius 1 is 1.26 bits per heavy atom. The van der Waals surface area contributed by atoms with Crippen LogP contribution in [0.5, 0.6) is 0 Å². The number of ether oxygens (including phenoxy) is 1. The van der Waals surface area contributed by atoms with Gasteiger partial charge in [-0.15, -0.1) is 35.3 Å². The van der Waals surface area contributed by atoms with Crippen LogP contribution < -0.4 is 10.6 Å². The number of fused-ring (bicyclic) bond motifs is 1. The van der Waals surface area contributed by atoms with Crippen LogP contribution in [-0.4, -0.2) is 43.9 Å². The van der Waals surface area contributed by atoms with E-state index >= 15 is 0 Å². The molecule has 0 spiro atoms. The number of benzene rings is 1. The molecule has 0 aliphatic heterocycles. The minimum Gasteiger partial charge on any atom is -0.386 e. The Balaban J connectivity index is 0.00000364. The molecule has 0 radical (unpaired) electrons. The quantitative estimate of drug-likeness (QED) is 0.272. The van der Waals surface area contributed by atoms with Gasteiger partial charge in [-0.2, -0.15) is 0 Å². The fraction of sp³-hybridized carbons (Fsp3) is 0.550. The Hall–Kier alpha value is -0.900. The number of hydrogen-bond donors (Lipinski definition) is 3. The van der Waals surface area contributed by atoms with E-state index in [9.17, 15) is 5.11 Å². The molecule has 2 aromatic rings. The maximum atomic E-state index is 10.5. The van der Waals surface area contributed by atoms with Gasteiger partial charge in [-0.25, -0.2) is 0 Å². The Morgan fingerprint density at radius 2 is 2.00 bits per heavy atom. The fourth-order valence-electron chi connectivity index (χ4n) is 2.84. The van der Waals surface area contributed by atoms with Crippen molar-refractivity contribution >= 4 is 51.4 Å². The Labute approximate surface area is 183 Å². The zero-order valence-corrected chi connectivity index (χ0v) is 19.7. The van der Waals surface area contributed by atoms with E-state index in [0.29, 0.717) is 18.4 Å². The van der Waals surface area contributed by atoms with Crippen molar-refractivity contribution < 1.29 is 9.84 Å². The van der Waals surface area contributed by atoms with Crippen molar-refractivity contribution in [3.63, 3.8) is 0 Å². The molecule has 1 heterocycles. The zero-order valence-electron chi connectivity index (χ0n) is 16.6. The molecule has 0 amide bonds. The van der Waals surface area contributed by atoms with Gasteiger partial charge < -0.3 is 20.5 Å². The molecule has 0 saturated heterocycles. The summed E-state index contributed by atoms with van der Waals surface area (Å²) in [5.74, 6) is 1.19. The number of nitrogens with zero attached hydrogens (tertiary/aromatic N) is 1. The monoisotopic (exact) mass is 505 g/mol. The summed E-state index contributed by atoms with van der Waals surface area (Å²) in [6.07, 6.45) is 0.609. The van der Waals surface area contributed by atoms with Gasteiger partial charge in [-0.3, -0.25) is 4.99 Å². The molecule has 0 aliphatic rings. The van der Waals surface area contributed by atoms with E-state index in [1.54, 1.807) is 18.4 Å². The molecule has 152 valence electrons. The Morgan fingerprint density at radius 3 is 2.63 bits per heavy atom. The molecular weight excluding hydrogens is 473 g/mol. The third-order valence-electron chi connectivity index (χ3n) is 4.31. The van der Waals surface area contributed by atoms with Crippen molar-refractivity contribution in [2.45, 2.75) is 39.4 Å². The van der Waals surface area contributed by atoms with Crippen LogP contribution in [0.3, 0.4) is 0 Å². The first kappa shape index (κ1) is 24.1. The van der Waals surface area contributed by atoms with Crippen LogP contribution in [-0.2, 0) is 4.74 Å². The lowest BCUT2D eigenvalue weighted by Crippen LogP contribution is -2.40. The van der Waals surface area contributed by atoms with Crippen molar-refractivity contribution in [3.05, 3.63) is 35.2 Å². The molecule has 2 atom stereocenters. The lowest BCUT2D eigenvalue weighted by atomic mass is 10.0. The van der Waals surface area contributed by atoms with Gasteiger partial charge in [0.25, 0.3) is 0 Å². The van der Waals surface area contributed by atoms with Gasteiger partial charge in [0.15, 0.2) is 5.96 Å². The van der Waals surface area contributed by atoms with Crippen molar-refractivity contribution in [3.8, 4) is 0 Å². The third-order valence-corrected chi connectivity index (χ3v) is 5.52. The van der Waals surface area contributed by atoms with Crippen molar-refractivity contribution in [1.82, 2.24) is 10.6 Å². The number of hydrogen-bond acceptors (Lipinski definition) is 4. The highest BCUT2D eigenvalue weighted by Crippen LogP contribution is 2.29. The van der Waals surface area contributed by atoms with E-state index in [1.807, 2.05) is 19.1 Å². The zero-order chi connectivity index (χ0) is 18.9. The van der Waals surface area contributed by atoms with E-state index in [0.717, 1.165) is 24.4 Å². The first-order valence-electron chi connectivity index (χ1n) is 9.27. The van der Waals surface area contributed by atoms with E-state index in [4.69, 9.17) is 4.74 Å². The second-order valence-corrected chi connectivity index (χ2v) is 7.72. The van der Waals surface area contributed by atoms with E-state index in [2.05, 4.69) is 47.7 Å². The number of nitrogens with one attached hydrogen (secondary N) is 2. The summed E-state index contributed by atoms with van der Waals surface area (Å²) in [4.78, 5) is 5.19. The minimum atomic E-state index is -0.558. The smallest absolute Gasteiger partial charge is 0.191 e. The molecule has 1 aromatic carbocycles. The summed E-state index contributed by atoms with van der Waals surface area (Å²) in [6, 6.07) is 10.2. The van der Waals surface area contributed by atoms with Gasteiger partial charge in [0.05, 0.1) is 6.10 Å². The number of aliphatic hydroxyl groups excluding tert-OH is 1. The summed E-state index contributed by atoms with van der Waals surface area (Å²) >= 11 is 1.63. The van der Waals surface area contributed by atoms with Crippen molar-refractivity contribution in [2.75, 3.05) is 26.7 Å². The first-order valence-corrected chi connectivity index (χ1v) is 10.1. The summed E-state index contributed by atoms with van der Waals surface area (Å²) in [5, 5.41) is 18.1. The standard InChI is InChI=1S/C20H31N3O2S.HI/c1-5-25-17(14(2)3)10-11-22-20(21-4)23-13-16(24)19-12-15-8-6-7-9-18(15)26-19;/h6-9,12,14,16-17,24H,5,10-11,13H2,1-4H3,(H2,21,22,23);1H. The maximum absolute atomic E-state index is 10.5. The molecule has 0 bridgehead atoms. The van der Waals surface area contributed by atoms with Crippen LogP contribution in [0.25, 0.3) is 10.1 Å². The number of rotatable bonds is 9. The highest BCUT2D eigenvalue weighted by molar-refractivity contribution is 14.0. The first-order chi connectivity index (χ1) is 12.5. The molecule has 0 aliphatic carbocycles. The molecule has 5 nitrogen and oxygen atoms in total. The van der Waals surface area contributed by atoms with Gasteiger partial charge in [-0.1, -0.05) is 32.0 Å². The molecule has 2 rings (SSSR count). The minimum absolute atomic E-state index is 0. The van der Waals surface area contributed by atoms with Crippen molar-refractivity contribution in [2.24, 2.45) is 10.9 Å². The van der Waals surface area contributed by atoms with Crippen LogP contribution in [0.4, 0.5) is 0 Å². The fourth-order valence-corrected chi connectivity index (χ4v) is 3.89. The van der Waals surface area contributed by atoms with Crippen LogP contribution in [0.15, 0.2) is 35.3 Å². The number of aliphatic hydroxyl groups is 1. The van der Waals surface area contributed by atoms with Gasteiger partial charge in [0.2, 0.25) is 0 Å². The summed E-state index contributed by atoms with van der Waals surface area (Å²) in [6.45, 7) is 8.31. The lowest BCUT2D eigenvalue weighted by Gasteiger charge is -2.21. The maximum Gasteiger partial charge on any atom is 0.191 e. The van der Waals surface area contributed by atoms with Crippen molar-refractivity contribution in [1.29, 1.82) is 0 Å². The summed E-state index contributed by atoms with van der Waals surface area (Å²) < 4.78 is 6.96. The van der Waals surface area contributed by atoms with Crippen LogP contribution in [0, 0.1) is 5.92 Å². The van der Waals surface area contributed by atoms with Gasteiger partial charge in [0, 0.05) is 36.3 Å². The molecule has 1 aromatic heterocycles. The largest absolute Gasteiger partial charge is 0.386 e. The molecule has 0 fully saturated rings. The van der Waals surface area contributed by atoms with Gasteiger partial charge in [0.1, 0.15) is 6.10 Å². The molecule has 27 heavy (non-hydrogen) atoms. The normalized spacial score (nSPS) is 14.1. The number of guanidine groups is 1. The lowest BCUT2D eigenvalue weighted by molar-refractivity contribution is 0.0258. The third kappa shape index (κ3) is 7.56. The van der Waals surface area contributed by atoms with Crippen LogP contribution in [0.2, 0.25) is 0 Å². The number of aliphatic imine (C=N–C) groups is 1. The second kappa shape index (κ2) is 12.5. The summed E-state index contributed by atoms with van der Waals surface area (Å²) in [7, 11) is 1.74. The van der Waals surface area contributed by atoms with Crippen LogP contribution in [0.1, 0.15) is 38.2 Å². The van der Waals surface area contributed by atoms with Crippen LogP contribution >= 0.6 is 35.3 Å². The summed E-state index contributed by atoms with van der Waals surface area (Å²) in [5.41, 5.74) is 0. The molecule has 7 heteroatoms. The van der Waals surface area contributed by atoms with E-state index < -0.39 is 6.10 Å². The Kier molecular flexibility index (Phi) is 11.2. The van der Waals surface area contributed by atoms with E-state index in [-0.39, 0.29) is 30.1 Å². The SMILES string of the molecule is CCOC(CCNC(=NC)NCC(O)c1cc2ccccc2s1)C(C)C.I. The second-order valence-electron chi connectivity index (χ2n) is 6.61. The number of halogens is 1. The molecule has 0 saturated carbocycles. The number of thiophene rings is 1. The highest BCUT2D eigenvalue weighted by atomic mass is 127. The predicted molar refractivity (Wildman–Crippen MR) is 126 cm³/mol. The Bertz CT molecular complexity index is 672. The molecule has 3 N–H and O–H groups in total.